The van der Waals surface area contributed by atoms with E-state index >= 15 is 0 Å². The van der Waals surface area contributed by atoms with Crippen molar-refractivity contribution >= 4 is 39.0 Å². The third kappa shape index (κ3) is 3.88. The van der Waals surface area contributed by atoms with Crippen LogP contribution in [0.15, 0.2) is 48.5 Å². The Morgan fingerprint density at radius 2 is 1.88 bits per heavy atom. The van der Waals surface area contributed by atoms with Gasteiger partial charge in [0.05, 0.1) is 18.6 Å². The van der Waals surface area contributed by atoms with Crippen molar-refractivity contribution in [2.45, 2.75) is 20.3 Å². The summed E-state index contributed by atoms with van der Waals surface area (Å²) in [5.74, 6) is -0.559. The lowest BCUT2D eigenvalue weighted by atomic mass is 10.0. The van der Waals surface area contributed by atoms with E-state index < -0.39 is 5.97 Å². The zero-order valence-electron chi connectivity index (χ0n) is 14.2. The predicted octanol–water partition coefficient (Wildman–Crippen LogP) is 4.57. The highest BCUT2D eigenvalue weighted by Gasteiger charge is 2.18. The molecule has 0 unspecified atom stereocenters. The first-order valence-corrected chi connectivity index (χ1v) is 8.94. The third-order valence-electron chi connectivity index (χ3n) is 3.83. The van der Waals surface area contributed by atoms with Gasteiger partial charge in [-0.3, -0.25) is 4.79 Å². The van der Waals surface area contributed by atoms with Gasteiger partial charge in [0, 0.05) is 4.88 Å². The summed E-state index contributed by atoms with van der Waals surface area (Å²) in [6.45, 7) is 3.96. The number of benzene rings is 2. The van der Waals surface area contributed by atoms with Crippen LogP contribution in [0.25, 0.3) is 10.8 Å². The van der Waals surface area contributed by atoms with Gasteiger partial charge in [-0.05, 0) is 36.2 Å². The lowest BCUT2D eigenvalue weighted by Crippen LogP contribution is -2.16. The molecule has 1 heterocycles. The first-order chi connectivity index (χ1) is 12.1. The molecule has 0 spiro atoms. The number of rotatable bonds is 5. The fourth-order valence-electron chi connectivity index (χ4n) is 2.76. The Hall–Kier alpha value is -2.66. The number of hydrogen-bond donors (Lipinski definition) is 1. The Balaban J connectivity index is 1.80. The third-order valence-corrected chi connectivity index (χ3v) is 4.80. The summed E-state index contributed by atoms with van der Waals surface area (Å²) in [6, 6.07) is 15.7. The minimum atomic E-state index is -0.410. The molecule has 128 valence electrons. The van der Waals surface area contributed by atoms with Crippen LogP contribution in [0, 0.1) is 6.92 Å². The van der Waals surface area contributed by atoms with Crippen LogP contribution in [0.1, 0.15) is 27.7 Å². The van der Waals surface area contributed by atoms with Crippen molar-refractivity contribution in [2.24, 2.45) is 0 Å². The standard InChI is InChI=1S/C20H19NO3S/c1-3-24-20(23)17-11-13(2)25-19(17)21-18(22)12-15-9-6-8-14-7-4-5-10-16(14)15/h4-11H,3,12H2,1-2H3,(H,21,22). The zero-order chi connectivity index (χ0) is 17.8. The first kappa shape index (κ1) is 17.2. The van der Waals surface area contributed by atoms with Gasteiger partial charge in [0.1, 0.15) is 5.00 Å². The number of hydrogen-bond acceptors (Lipinski definition) is 4. The average Bonchev–Trinajstić information content (AvgIpc) is 2.96. The van der Waals surface area contributed by atoms with Crippen molar-refractivity contribution < 1.29 is 14.3 Å². The van der Waals surface area contributed by atoms with Crippen LogP contribution in [-0.2, 0) is 16.0 Å². The van der Waals surface area contributed by atoms with E-state index in [0.717, 1.165) is 21.2 Å². The Morgan fingerprint density at radius 1 is 1.12 bits per heavy atom. The van der Waals surface area contributed by atoms with Gasteiger partial charge in [-0.1, -0.05) is 42.5 Å². The van der Waals surface area contributed by atoms with Gasteiger partial charge in [-0.15, -0.1) is 11.3 Å². The molecule has 0 aliphatic heterocycles. The van der Waals surface area contributed by atoms with Gasteiger partial charge in [0.2, 0.25) is 5.91 Å². The topological polar surface area (TPSA) is 55.4 Å². The van der Waals surface area contributed by atoms with Crippen LogP contribution in [-0.4, -0.2) is 18.5 Å². The summed E-state index contributed by atoms with van der Waals surface area (Å²) < 4.78 is 5.06. The highest BCUT2D eigenvalue weighted by Crippen LogP contribution is 2.29. The van der Waals surface area contributed by atoms with E-state index in [1.165, 1.54) is 11.3 Å². The van der Waals surface area contributed by atoms with Gasteiger partial charge in [-0.2, -0.15) is 0 Å². The lowest BCUT2D eigenvalue weighted by molar-refractivity contribution is -0.115. The van der Waals surface area contributed by atoms with Crippen molar-refractivity contribution in [3.63, 3.8) is 0 Å². The molecule has 0 aliphatic rings. The van der Waals surface area contributed by atoms with Crippen LogP contribution in [0.4, 0.5) is 5.00 Å². The Kier molecular flexibility index (Phi) is 5.14. The molecule has 4 nitrogen and oxygen atoms in total. The number of carbonyl (C=O) groups excluding carboxylic acids is 2. The zero-order valence-corrected chi connectivity index (χ0v) is 15.0. The lowest BCUT2D eigenvalue weighted by Gasteiger charge is -2.08. The highest BCUT2D eigenvalue weighted by atomic mass is 32.1. The normalized spacial score (nSPS) is 10.6. The monoisotopic (exact) mass is 353 g/mol. The number of nitrogens with one attached hydrogen (secondary N) is 1. The molecule has 0 saturated carbocycles. The second kappa shape index (κ2) is 7.49. The van der Waals surface area contributed by atoms with Gasteiger partial charge >= 0.3 is 5.97 Å². The van der Waals surface area contributed by atoms with Gasteiger partial charge in [0.15, 0.2) is 0 Å². The molecule has 1 N–H and O–H groups in total. The molecule has 0 saturated heterocycles. The molecule has 3 aromatic rings. The summed E-state index contributed by atoms with van der Waals surface area (Å²) in [4.78, 5) is 25.5. The van der Waals surface area contributed by atoms with Crippen LogP contribution >= 0.6 is 11.3 Å². The minimum absolute atomic E-state index is 0.149. The number of carbonyl (C=O) groups is 2. The van der Waals surface area contributed by atoms with E-state index in [0.29, 0.717) is 17.2 Å². The molecule has 0 bridgehead atoms. The first-order valence-electron chi connectivity index (χ1n) is 8.12. The molecular weight excluding hydrogens is 334 g/mol. The molecular formula is C20H19NO3S. The molecule has 1 amide bonds. The molecule has 1 aromatic heterocycles. The van der Waals surface area contributed by atoms with Gasteiger partial charge in [0.25, 0.3) is 0 Å². The Morgan fingerprint density at radius 3 is 2.68 bits per heavy atom. The number of anilines is 1. The second-order valence-corrected chi connectivity index (χ2v) is 6.94. The molecule has 3 rings (SSSR count). The Labute approximate surface area is 150 Å². The maximum Gasteiger partial charge on any atom is 0.341 e. The summed E-state index contributed by atoms with van der Waals surface area (Å²) in [5, 5.41) is 5.57. The molecule has 2 aromatic carbocycles. The summed E-state index contributed by atoms with van der Waals surface area (Å²) >= 11 is 1.38. The van der Waals surface area contributed by atoms with Crippen LogP contribution in [0.2, 0.25) is 0 Å². The highest BCUT2D eigenvalue weighted by molar-refractivity contribution is 7.16. The molecule has 0 radical (unpaired) electrons. The van der Waals surface area contributed by atoms with E-state index in [-0.39, 0.29) is 12.3 Å². The second-order valence-electron chi connectivity index (χ2n) is 5.68. The van der Waals surface area contributed by atoms with E-state index in [1.54, 1.807) is 13.0 Å². The fraction of sp³-hybridized carbons (Fsp3) is 0.200. The number of ether oxygens (including phenoxy) is 1. The molecule has 25 heavy (non-hydrogen) atoms. The van der Waals surface area contributed by atoms with Crippen molar-refractivity contribution in [3.8, 4) is 0 Å². The number of amides is 1. The largest absolute Gasteiger partial charge is 0.462 e. The van der Waals surface area contributed by atoms with E-state index in [9.17, 15) is 9.59 Å². The van der Waals surface area contributed by atoms with Crippen molar-refractivity contribution in [3.05, 3.63) is 64.5 Å². The number of esters is 1. The summed E-state index contributed by atoms with van der Waals surface area (Å²) in [6.07, 6.45) is 0.251. The van der Waals surface area contributed by atoms with E-state index in [2.05, 4.69) is 5.32 Å². The smallest absolute Gasteiger partial charge is 0.341 e. The maximum absolute atomic E-state index is 12.5. The van der Waals surface area contributed by atoms with Crippen molar-refractivity contribution in [1.82, 2.24) is 0 Å². The van der Waals surface area contributed by atoms with Crippen LogP contribution < -0.4 is 5.32 Å². The van der Waals surface area contributed by atoms with E-state index in [1.807, 2.05) is 49.4 Å². The predicted molar refractivity (Wildman–Crippen MR) is 101 cm³/mol. The minimum Gasteiger partial charge on any atom is -0.462 e. The number of aryl methyl sites for hydroxylation is 1. The molecule has 0 fully saturated rings. The van der Waals surface area contributed by atoms with Crippen molar-refractivity contribution in [1.29, 1.82) is 0 Å². The molecule has 5 heteroatoms. The van der Waals surface area contributed by atoms with Gasteiger partial charge < -0.3 is 10.1 Å². The average molecular weight is 353 g/mol. The summed E-state index contributed by atoms with van der Waals surface area (Å²) in [7, 11) is 0. The number of fused-ring (bicyclic) bond motifs is 1. The maximum atomic E-state index is 12.5. The van der Waals surface area contributed by atoms with Crippen LogP contribution in [0.5, 0.6) is 0 Å². The SMILES string of the molecule is CCOC(=O)c1cc(C)sc1NC(=O)Cc1cccc2ccccc12. The number of thiophene rings is 1. The Bertz CT molecular complexity index is 924. The van der Waals surface area contributed by atoms with Gasteiger partial charge in [-0.25, -0.2) is 4.79 Å². The molecule has 0 aliphatic carbocycles. The quantitative estimate of drug-likeness (QED) is 0.684. The van der Waals surface area contributed by atoms with E-state index in [4.69, 9.17) is 4.74 Å². The van der Waals surface area contributed by atoms with Crippen LogP contribution in [0.3, 0.4) is 0 Å². The fourth-order valence-corrected chi connectivity index (χ4v) is 3.67. The summed E-state index contributed by atoms with van der Waals surface area (Å²) in [5.41, 5.74) is 1.37. The van der Waals surface area contributed by atoms with Crippen molar-refractivity contribution in [2.75, 3.05) is 11.9 Å². The molecule has 0 atom stereocenters.